The van der Waals surface area contributed by atoms with Gasteiger partial charge >= 0.3 is 6.18 Å². The fraction of sp³-hybridized carbons (Fsp3) is 0.489. The molecule has 354 valence electrons. The van der Waals surface area contributed by atoms with E-state index in [0.717, 1.165) is 71.5 Å². The molecule has 0 aliphatic heterocycles. The number of nitrogens with one attached hydrogen (secondary N) is 1. The van der Waals surface area contributed by atoms with Crippen LogP contribution in [0.1, 0.15) is 64.2 Å². The van der Waals surface area contributed by atoms with Crippen LogP contribution in [-0.2, 0) is 44.7 Å². The van der Waals surface area contributed by atoms with Crippen LogP contribution in [0, 0.1) is 0 Å². The van der Waals surface area contributed by atoms with Crippen molar-refractivity contribution >= 4 is 56.7 Å². The predicted molar refractivity (Wildman–Crippen MR) is 231 cm³/mol. The highest BCUT2D eigenvalue weighted by Gasteiger charge is 2.29. The lowest BCUT2D eigenvalue weighted by atomic mass is 9.98. The number of carboxylic acid groups (broad SMARTS) is 2. The number of fused-ring (bicyclic) bond motifs is 3. The van der Waals surface area contributed by atoms with Gasteiger partial charge in [0.1, 0.15) is 24.3 Å². The number of Topliss-reactive ketones (excluding diaryl/α,β-unsaturated/α-hetero) is 1. The first-order valence-corrected chi connectivity index (χ1v) is 21.4. The number of halogens is 3. The maximum atomic E-state index is 12.5. The molecular formula is C45H58F3N7O10. The number of nitrogens with zero attached hydrogens (tertiary/aromatic N) is 4. The van der Waals surface area contributed by atoms with Gasteiger partial charge in [0.25, 0.3) is 0 Å². The van der Waals surface area contributed by atoms with Crippen molar-refractivity contribution in [3.63, 3.8) is 0 Å². The number of pyridine rings is 1. The molecule has 0 radical (unpaired) electrons. The molecule has 6 N–H and O–H groups in total. The van der Waals surface area contributed by atoms with E-state index in [0.29, 0.717) is 103 Å². The van der Waals surface area contributed by atoms with E-state index in [4.69, 9.17) is 40.1 Å². The van der Waals surface area contributed by atoms with Gasteiger partial charge < -0.3 is 55.5 Å². The van der Waals surface area contributed by atoms with Crippen molar-refractivity contribution in [1.82, 2.24) is 5.32 Å². The Balaban J connectivity index is 0.00000148. The highest BCUT2D eigenvalue weighted by atomic mass is 19.4. The van der Waals surface area contributed by atoms with Gasteiger partial charge in [-0.1, -0.05) is 41.9 Å². The number of unbranched alkanes of at least 4 members (excludes halogenated alkanes) is 4. The number of aromatic nitrogens is 1. The maximum Gasteiger partial charge on any atom is 0.430 e. The molecule has 1 aromatic heterocycles. The number of anilines is 1. The number of quaternary nitrogens is 1. The molecular weight excluding hydrogens is 856 g/mol. The molecule has 0 bridgehead atoms. The average molecular weight is 914 g/mol. The van der Waals surface area contributed by atoms with E-state index in [1.54, 1.807) is 0 Å². The summed E-state index contributed by atoms with van der Waals surface area (Å²) in [6.07, 6.45) is 1.23. The van der Waals surface area contributed by atoms with Crippen molar-refractivity contribution in [1.29, 1.82) is 0 Å². The Bertz CT molecular complexity index is 2170. The number of carbonyl (C=O) groups excluding carboxylic acids is 4. The summed E-state index contributed by atoms with van der Waals surface area (Å²) in [4.78, 5) is 46.9. The Morgan fingerprint density at radius 2 is 1.35 bits per heavy atom. The van der Waals surface area contributed by atoms with Crippen LogP contribution >= 0.6 is 0 Å². The highest BCUT2D eigenvalue weighted by molar-refractivity contribution is 6.10. The first-order valence-electron chi connectivity index (χ1n) is 21.4. The molecule has 0 aliphatic carbocycles. The number of benzene rings is 3. The second-order valence-corrected chi connectivity index (χ2v) is 14.9. The van der Waals surface area contributed by atoms with Gasteiger partial charge in [-0.2, -0.15) is 17.7 Å². The first kappa shape index (κ1) is 53.4. The molecule has 0 saturated carbocycles. The lowest BCUT2D eigenvalue weighted by Gasteiger charge is -2.13. The van der Waals surface area contributed by atoms with Crippen LogP contribution in [0.25, 0.3) is 43.4 Å². The van der Waals surface area contributed by atoms with Crippen molar-refractivity contribution in [2.75, 3.05) is 65.1 Å². The number of rotatable bonds is 30. The third kappa shape index (κ3) is 20.2. The van der Waals surface area contributed by atoms with E-state index in [9.17, 15) is 32.7 Å². The minimum atomic E-state index is -5.19. The molecule has 3 aromatic carbocycles. The minimum Gasteiger partial charge on any atom is -0.544 e. The number of ketones is 1. The fourth-order valence-corrected chi connectivity index (χ4v) is 6.65. The number of azide groups is 1. The molecule has 0 spiro atoms. The van der Waals surface area contributed by atoms with Gasteiger partial charge in [-0.05, 0) is 61.5 Å². The van der Waals surface area contributed by atoms with E-state index in [1.807, 2.05) is 54.6 Å². The molecule has 4 rings (SSSR count). The number of hydrogen-bond donors (Lipinski definition) is 3. The largest absolute Gasteiger partial charge is 0.544 e. The van der Waals surface area contributed by atoms with Crippen molar-refractivity contribution in [2.45, 2.75) is 83.0 Å². The number of hydrogen-bond acceptors (Lipinski definition) is 12. The summed E-state index contributed by atoms with van der Waals surface area (Å²) in [5, 5.41) is 29.3. The molecule has 0 aliphatic rings. The van der Waals surface area contributed by atoms with Crippen molar-refractivity contribution in [3.05, 3.63) is 77.2 Å². The number of aryl methyl sites for hydroxylation is 1. The maximum absolute atomic E-state index is 12.5. The summed E-state index contributed by atoms with van der Waals surface area (Å²) >= 11 is 0. The van der Waals surface area contributed by atoms with Gasteiger partial charge in [0.05, 0.1) is 69.6 Å². The Morgan fingerprint density at radius 1 is 0.754 bits per heavy atom. The molecule has 1 atom stereocenters. The minimum absolute atomic E-state index is 0.00690. The van der Waals surface area contributed by atoms with Crippen molar-refractivity contribution < 1.29 is 71.8 Å². The zero-order valence-electron chi connectivity index (χ0n) is 36.4. The van der Waals surface area contributed by atoms with Gasteiger partial charge in [-0.25, -0.2) is 0 Å². The topological polar surface area (TPSA) is 270 Å². The van der Waals surface area contributed by atoms with E-state index in [-0.39, 0.29) is 11.7 Å². The third-order valence-electron chi connectivity index (χ3n) is 9.91. The number of alkyl halides is 3. The predicted octanol–water partition coefficient (Wildman–Crippen LogP) is 3.78. The highest BCUT2D eigenvalue weighted by Crippen LogP contribution is 2.34. The number of ether oxygens (including phenoxy) is 4. The number of nitrogens with two attached hydrogens (primary N) is 1. The van der Waals surface area contributed by atoms with Crippen LogP contribution in [0.4, 0.5) is 24.5 Å². The number of carboxylic acids is 2. The number of carbonyl (C=O) groups is 4. The second-order valence-electron chi connectivity index (χ2n) is 14.9. The average Bonchev–Trinajstić information content (AvgIpc) is 3.27. The fourth-order valence-electron chi connectivity index (χ4n) is 6.65. The standard InChI is InChI=1S/C43H57N7O8.C2HF3O2/c44-33-15-17-37-36-18-16-34(48-49-46)31-38(36)42(32-10-4-1-5-11-32)50(40(37)30-33)21-9-3-8-14-41(52)47-20-23-56-25-27-58-29-28-57-26-24-55-22-19-35(51)12-6-2-7-13-39(45)43(53)54;3-2(4,5)1(6)7/h1,4-5,10-11,15-18,30-31,39,44H,2-3,6-9,12-14,19-29,45H2,(H2,47,52,53,54);(H,6,7). The summed E-state index contributed by atoms with van der Waals surface area (Å²) < 4.78 is 55.9. The van der Waals surface area contributed by atoms with Crippen molar-refractivity contribution in [3.8, 4) is 11.3 Å². The zero-order valence-corrected chi connectivity index (χ0v) is 36.4. The second kappa shape index (κ2) is 29.5. The molecule has 1 heterocycles. The third-order valence-corrected chi connectivity index (χ3v) is 9.91. The molecule has 0 saturated heterocycles. The summed E-state index contributed by atoms with van der Waals surface area (Å²) in [5.74, 6) is -4.01. The summed E-state index contributed by atoms with van der Waals surface area (Å²) in [5.41, 5.74) is 23.2. The number of aliphatic carboxylic acids is 2. The summed E-state index contributed by atoms with van der Waals surface area (Å²) in [7, 11) is 0. The van der Waals surface area contributed by atoms with Gasteiger partial charge in [0.15, 0.2) is 0 Å². The Morgan fingerprint density at radius 3 is 1.98 bits per heavy atom. The normalized spacial score (nSPS) is 11.7. The Labute approximate surface area is 374 Å². The first-order chi connectivity index (χ1) is 31.2. The molecule has 1 amide bonds. The van der Waals surface area contributed by atoms with Crippen LogP contribution in [-0.4, -0.2) is 95.2 Å². The van der Waals surface area contributed by atoms with Crippen molar-refractivity contribution in [2.24, 2.45) is 5.11 Å². The van der Waals surface area contributed by atoms with E-state index in [2.05, 4.69) is 37.8 Å². The van der Waals surface area contributed by atoms with Crippen LogP contribution in [0.3, 0.4) is 0 Å². The van der Waals surface area contributed by atoms with Crippen LogP contribution in [0.2, 0.25) is 0 Å². The van der Waals surface area contributed by atoms with Crippen LogP contribution in [0.15, 0.2) is 71.8 Å². The molecule has 17 nitrogen and oxygen atoms in total. The Kier molecular flexibility index (Phi) is 24.3. The molecule has 0 fully saturated rings. The SMILES string of the molecule is O=C([O-])C(F)(F)F.[N-]=[N+]=Nc1ccc2c(c1)c(-c1ccccc1)[n+](CCCCCC(=O)NCCOCCOCCOCCOCCC(=O)CCCCCC([NH3+])C(=O)[O-])c1cc(N)ccc21. The van der Waals surface area contributed by atoms with E-state index < -0.39 is 24.2 Å². The molecule has 1 unspecified atom stereocenters. The van der Waals surface area contributed by atoms with E-state index in [1.165, 1.54) is 0 Å². The molecule has 4 aromatic rings. The van der Waals surface area contributed by atoms with Gasteiger partial charge in [-0.3, -0.25) is 9.59 Å². The Hall–Kier alpha value is -5.89. The smallest absolute Gasteiger partial charge is 0.430 e. The van der Waals surface area contributed by atoms with Gasteiger partial charge in [0, 0.05) is 72.0 Å². The number of nitrogen functional groups attached to an aromatic ring is 1. The molecule has 20 heteroatoms. The number of amides is 1. The van der Waals surface area contributed by atoms with Gasteiger partial charge in [0.2, 0.25) is 17.1 Å². The lowest BCUT2D eigenvalue weighted by molar-refractivity contribution is -0.659. The summed E-state index contributed by atoms with van der Waals surface area (Å²) in [6, 6.07) is 21.2. The van der Waals surface area contributed by atoms with Crippen LogP contribution < -0.4 is 31.6 Å². The monoisotopic (exact) mass is 913 g/mol. The quantitative estimate of drug-likeness (QED) is 0.0129. The van der Waals surface area contributed by atoms with E-state index >= 15 is 0 Å². The zero-order chi connectivity index (χ0) is 47.5. The molecule has 65 heavy (non-hydrogen) atoms. The summed E-state index contributed by atoms with van der Waals surface area (Å²) in [6.45, 7) is 4.36. The lowest BCUT2D eigenvalue weighted by Crippen LogP contribution is -2.68. The van der Waals surface area contributed by atoms with Crippen LogP contribution in [0.5, 0.6) is 0 Å². The van der Waals surface area contributed by atoms with Gasteiger partial charge in [-0.15, -0.1) is 0 Å².